The van der Waals surface area contributed by atoms with E-state index in [2.05, 4.69) is 17.0 Å². The van der Waals surface area contributed by atoms with Crippen molar-refractivity contribution in [2.24, 2.45) is 0 Å². The van der Waals surface area contributed by atoms with Gasteiger partial charge >= 0.3 is 0 Å². The molecule has 2 N–H and O–H groups in total. The summed E-state index contributed by atoms with van der Waals surface area (Å²) in [6, 6.07) is 8.29. The number of carbonyl (C=O) groups excluding carboxylic acids is 1. The summed E-state index contributed by atoms with van der Waals surface area (Å²) in [5.74, 6) is 0.0719. The number of β-amino-alcohol motifs (C(OH)–C–C–N with tert-alkyl or cyclic N) is 2. The second-order valence-electron chi connectivity index (χ2n) is 6.43. The lowest BCUT2D eigenvalue weighted by Gasteiger charge is -2.24. The first-order valence-electron chi connectivity index (χ1n) is 8.24. The molecule has 1 fully saturated rings. The number of hydrogen-bond acceptors (Lipinski definition) is 5. The molecule has 1 atom stereocenters. The maximum atomic E-state index is 12.6. The largest absolute Gasteiger partial charge is 0.395 e. The highest BCUT2D eigenvalue weighted by atomic mass is 16.3. The van der Waals surface area contributed by atoms with Crippen molar-refractivity contribution in [1.82, 2.24) is 14.7 Å². The lowest BCUT2D eigenvalue weighted by molar-refractivity contribution is -0.133. The molecule has 6 nitrogen and oxygen atoms in total. The molecule has 0 aliphatic carbocycles. The van der Waals surface area contributed by atoms with Gasteiger partial charge < -0.3 is 15.1 Å². The van der Waals surface area contributed by atoms with E-state index in [9.17, 15) is 9.90 Å². The fourth-order valence-corrected chi connectivity index (χ4v) is 3.43. The summed E-state index contributed by atoms with van der Waals surface area (Å²) in [4.78, 5) is 18.5. The molecule has 23 heavy (non-hydrogen) atoms. The van der Waals surface area contributed by atoms with E-state index in [0.29, 0.717) is 39.3 Å². The van der Waals surface area contributed by atoms with Gasteiger partial charge in [-0.2, -0.15) is 0 Å². The Morgan fingerprint density at radius 1 is 1.09 bits per heavy atom. The Morgan fingerprint density at radius 3 is 2.43 bits per heavy atom. The number of nitrogens with zero attached hydrogens (tertiary/aromatic N) is 3. The molecule has 1 aromatic rings. The summed E-state index contributed by atoms with van der Waals surface area (Å²) in [5.41, 5.74) is 2.59. The number of carbonyl (C=O) groups is 1. The van der Waals surface area contributed by atoms with Crippen molar-refractivity contribution in [1.29, 1.82) is 0 Å². The van der Waals surface area contributed by atoms with Gasteiger partial charge in [0.15, 0.2) is 0 Å². The van der Waals surface area contributed by atoms with Gasteiger partial charge in [-0.05, 0) is 11.1 Å². The molecule has 6 heteroatoms. The van der Waals surface area contributed by atoms with E-state index in [4.69, 9.17) is 5.11 Å². The van der Waals surface area contributed by atoms with Gasteiger partial charge in [0.1, 0.15) is 0 Å². The Hall–Kier alpha value is -1.47. The highest BCUT2D eigenvalue weighted by molar-refractivity contribution is 5.78. The van der Waals surface area contributed by atoms with Crippen molar-refractivity contribution in [3.05, 3.63) is 35.4 Å². The molecule has 2 aliphatic rings. The van der Waals surface area contributed by atoms with Gasteiger partial charge in [0.2, 0.25) is 5.91 Å². The number of aliphatic hydroxyl groups is 2. The van der Waals surface area contributed by atoms with Crippen molar-refractivity contribution in [2.45, 2.75) is 19.2 Å². The van der Waals surface area contributed by atoms with E-state index in [1.54, 1.807) is 4.90 Å². The standard InChI is InChI=1S/C17H25N3O3/c21-8-7-18-5-6-20(12-16(22)11-18)17(23)13-19-9-14-3-1-2-4-15(14)10-19/h1-4,16,21-22H,5-13H2. The Labute approximate surface area is 136 Å². The quantitative estimate of drug-likeness (QED) is 0.783. The molecular weight excluding hydrogens is 294 g/mol. The zero-order valence-corrected chi connectivity index (χ0v) is 13.4. The molecule has 2 aliphatic heterocycles. The molecule has 1 amide bonds. The van der Waals surface area contributed by atoms with Crippen molar-refractivity contribution in [2.75, 3.05) is 45.9 Å². The van der Waals surface area contributed by atoms with E-state index >= 15 is 0 Å². The Bertz CT molecular complexity index is 527. The van der Waals surface area contributed by atoms with Crippen LogP contribution in [0.2, 0.25) is 0 Å². The van der Waals surface area contributed by atoms with Crippen LogP contribution in [0.4, 0.5) is 0 Å². The first-order chi connectivity index (χ1) is 11.2. The van der Waals surface area contributed by atoms with Crippen LogP contribution in [0.1, 0.15) is 11.1 Å². The zero-order valence-electron chi connectivity index (χ0n) is 13.4. The predicted molar refractivity (Wildman–Crippen MR) is 86.7 cm³/mol. The summed E-state index contributed by atoms with van der Waals surface area (Å²) >= 11 is 0. The average molecular weight is 319 g/mol. The fourth-order valence-electron chi connectivity index (χ4n) is 3.43. The highest BCUT2D eigenvalue weighted by Gasteiger charge is 2.27. The topological polar surface area (TPSA) is 67.3 Å². The number of fused-ring (bicyclic) bond motifs is 1. The molecule has 0 spiro atoms. The van der Waals surface area contributed by atoms with Gasteiger partial charge in [-0.25, -0.2) is 0 Å². The molecule has 2 heterocycles. The molecule has 0 radical (unpaired) electrons. The molecule has 1 saturated heterocycles. The van der Waals surface area contributed by atoms with E-state index in [-0.39, 0.29) is 12.5 Å². The third kappa shape index (κ3) is 4.09. The van der Waals surface area contributed by atoms with Gasteiger partial charge in [-0.3, -0.25) is 14.6 Å². The van der Waals surface area contributed by atoms with E-state index in [1.165, 1.54) is 11.1 Å². The second-order valence-corrected chi connectivity index (χ2v) is 6.43. The van der Waals surface area contributed by atoms with E-state index in [0.717, 1.165) is 13.1 Å². The monoisotopic (exact) mass is 319 g/mol. The SMILES string of the molecule is O=C(CN1Cc2ccccc2C1)N1CCN(CCO)CC(O)C1. The maximum Gasteiger partial charge on any atom is 0.236 e. The summed E-state index contributed by atoms with van der Waals surface area (Å²) in [7, 11) is 0. The molecular formula is C17H25N3O3. The first-order valence-corrected chi connectivity index (χ1v) is 8.24. The normalized spacial score (nSPS) is 22.9. The van der Waals surface area contributed by atoms with Gasteiger partial charge in [-0.1, -0.05) is 24.3 Å². The van der Waals surface area contributed by atoms with Gasteiger partial charge in [0.25, 0.3) is 0 Å². The summed E-state index contributed by atoms with van der Waals surface area (Å²) < 4.78 is 0. The minimum Gasteiger partial charge on any atom is -0.395 e. The number of benzene rings is 1. The van der Waals surface area contributed by atoms with Crippen molar-refractivity contribution >= 4 is 5.91 Å². The number of aliphatic hydroxyl groups excluding tert-OH is 2. The number of hydrogen-bond donors (Lipinski definition) is 2. The van der Waals surface area contributed by atoms with Crippen LogP contribution >= 0.6 is 0 Å². The van der Waals surface area contributed by atoms with Crippen LogP contribution in [0.15, 0.2) is 24.3 Å². The minimum absolute atomic E-state index is 0.0719. The Balaban J connectivity index is 1.54. The predicted octanol–water partition coefficient (Wildman–Crippen LogP) is -0.500. The van der Waals surface area contributed by atoms with E-state index in [1.807, 2.05) is 17.0 Å². The molecule has 1 aromatic carbocycles. The highest BCUT2D eigenvalue weighted by Crippen LogP contribution is 2.22. The van der Waals surface area contributed by atoms with Crippen LogP contribution in [0.25, 0.3) is 0 Å². The van der Waals surface area contributed by atoms with Crippen LogP contribution in [0, 0.1) is 0 Å². The lowest BCUT2D eigenvalue weighted by atomic mass is 10.1. The third-order valence-corrected chi connectivity index (χ3v) is 4.62. The Morgan fingerprint density at radius 2 is 1.78 bits per heavy atom. The maximum absolute atomic E-state index is 12.6. The van der Waals surface area contributed by atoms with Gasteiger partial charge in [-0.15, -0.1) is 0 Å². The van der Waals surface area contributed by atoms with Crippen molar-refractivity contribution < 1.29 is 15.0 Å². The van der Waals surface area contributed by atoms with Crippen LogP contribution in [-0.4, -0.2) is 82.8 Å². The Kier molecular flexibility index (Phi) is 5.27. The number of amides is 1. The molecule has 0 aromatic heterocycles. The van der Waals surface area contributed by atoms with Crippen LogP contribution in [-0.2, 0) is 17.9 Å². The van der Waals surface area contributed by atoms with Crippen molar-refractivity contribution in [3.8, 4) is 0 Å². The van der Waals surface area contributed by atoms with Crippen molar-refractivity contribution in [3.63, 3.8) is 0 Å². The molecule has 0 bridgehead atoms. The number of rotatable bonds is 4. The van der Waals surface area contributed by atoms with Gasteiger partial charge in [0, 0.05) is 45.8 Å². The van der Waals surface area contributed by atoms with Gasteiger partial charge in [0.05, 0.1) is 19.3 Å². The first kappa shape index (κ1) is 16.4. The minimum atomic E-state index is -0.552. The summed E-state index contributed by atoms with van der Waals surface area (Å²) in [6.45, 7) is 4.83. The summed E-state index contributed by atoms with van der Waals surface area (Å²) in [5, 5.41) is 19.1. The van der Waals surface area contributed by atoms with Crippen LogP contribution in [0.5, 0.6) is 0 Å². The second kappa shape index (κ2) is 7.40. The molecule has 3 rings (SSSR count). The average Bonchev–Trinajstić information content (AvgIpc) is 2.83. The van der Waals surface area contributed by atoms with Crippen LogP contribution in [0.3, 0.4) is 0 Å². The third-order valence-electron chi connectivity index (χ3n) is 4.62. The fraction of sp³-hybridized carbons (Fsp3) is 0.588. The molecule has 1 unspecified atom stereocenters. The zero-order chi connectivity index (χ0) is 16.2. The van der Waals surface area contributed by atoms with Crippen LogP contribution < -0.4 is 0 Å². The summed E-state index contributed by atoms with van der Waals surface area (Å²) in [6.07, 6.45) is -0.552. The smallest absolute Gasteiger partial charge is 0.236 e. The lowest BCUT2D eigenvalue weighted by Crippen LogP contribution is -2.42. The molecule has 126 valence electrons. The van der Waals surface area contributed by atoms with E-state index < -0.39 is 6.10 Å². The molecule has 0 saturated carbocycles.